The molecule has 8 nitrogen and oxygen atoms in total. The first kappa shape index (κ1) is 16.8. The van der Waals surface area contributed by atoms with Crippen LogP contribution in [0.5, 0.6) is 0 Å². The highest BCUT2D eigenvalue weighted by Gasteiger charge is 2.24. The molecule has 0 unspecified atom stereocenters. The van der Waals surface area contributed by atoms with E-state index in [1.165, 1.54) is 6.92 Å². The molecule has 1 aliphatic carbocycles. The van der Waals surface area contributed by atoms with E-state index in [4.69, 9.17) is 0 Å². The number of Topliss-reactive ketones (excluding diaryl/α,β-unsaturated/α-hetero) is 2. The Labute approximate surface area is 122 Å². The van der Waals surface area contributed by atoms with Crippen LogP contribution in [0.3, 0.4) is 0 Å². The van der Waals surface area contributed by atoms with Gasteiger partial charge in [-0.2, -0.15) is 0 Å². The summed E-state index contributed by atoms with van der Waals surface area (Å²) in [5, 5.41) is 7.22. The van der Waals surface area contributed by atoms with E-state index in [0.717, 1.165) is 12.8 Å². The molecule has 21 heavy (non-hydrogen) atoms. The van der Waals surface area contributed by atoms with Crippen molar-refractivity contribution in [3.8, 4) is 0 Å². The number of hydrogen-bond donors (Lipinski definition) is 3. The van der Waals surface area contributed by atoms with Gasteiger partial charge >= 0.3 is 0 Å². The number of carbonyl (C=O) groups excluding carboxylic acids is 5. The zero-order chi connectivity index (χ0) is 15.8. The molecule has 0 radical (unpaired) electrons. The summed E-state index contributed by atoms with van der Waals surface area (Å²) in [5.74, 6) is -2.15. The van der Waals surface area contributed by atoms with Crippen LogP contribution in [0.15, 0.2) is 0 Å². The molecular formula is C13H19N3O5. The molecule has 0 heterocycles. The third-order valence-electron chi connectivity index (χ3n) is 2.64. The van der Waals surface area contributed by atoms with E-state index in [2.05, 4.69) is 16.0 Å². The van der Waals surface area contributed by atoms with E-state index >= 15 is 0 Å². The van der Waals surface area contributed by atoms with E-state index in [0.29, 0.717) is 0 Å². The van der Waals surface area contributed by atoms with Crippen molar-refractivity contribution in [2.24, 2.45) is 0 Å². The lowest BCUT2D eigenvalue weighted by molar-refractivity contribution is -0.130. The molecule has 0 aliphatic heterocycles. The van der Waals surface area contributed by atoms with Gasteiger partial charge in [0, 0.05) is 6.04 Å². The molecule has 0 saturated heterocycles. The van der Waals surface area contributed by atoms with Gasteiger partial charge in [0.15, 0.2) is 5.78 Å². The van der Waals surface area contributed by atoms with Gasteiger partial charge in [-0.05, 0) is 19.8 Å². The summed E-state index contributed by atoms with van der Waals surface area (Å²) in [4.78, 5) is 55.9. The Hall–Kier alpha value is -2.25. The molecule has 116 valence electrons. The fraction of sp³-hybridized carbons (Fsp3) is 0.615. The van der Waals surface area contributed by atoms with Gasteiger partial charge in [-0.25, -0.2) is 0 Å². The number of nitrogens with one attached hydrogen (secondary N) is 3. The molecule has 0 atom stereocenters. The van der Waals surface area contributed by atoms with Crippen molar-refractivity contribution < 1.29 is 24.0 Å². The lowest BCUT2D eigenvalue weighted by Gasteiger charge is -2.06. The average Bonchev–Trinajstić information content (AvgIpc) is 3.16. The number of rotatable bonds is 9. The number of carbonyl (C=O) groups is 5. The fourth-order valence-electron chi connectivity index (χ4n) is 1.48. The lowest BCUT2D eigenvalue weighted by Crippen LogP contribution is -2.40. The summed E-state index contributed by atoms with van der Waals surface area (Å²) in [5.41, 5.74) is 0. The minimum atomic E-state index is -0.553. The van der Waals surface area contributed by atoms with Gasteiger partial charge in [-0.15, -0.1) is 0 Å². The topological polar surface area (TPSA) is 121 Å². The Bertz CT molecular complexity index is 457. The van der Waals surface area contributed by atoms with Gasteiger partial charge in [0.25, 0.3) is 0 Å². The van der Waals surface area contributed by atoms with E-state index in [1.807, 2.05) is 0 Å². The second kappa shape index (κ2) is 8.13. The van der Waals surface area contributed by atoms with Gasteiger partial charge in [-0.1, -0.05) is 0 Å². The van der Waals surface area contributed by atoms with Crippen LogP contribution >= 0.6 is 0 Å². The van der Waals surface area contributed by atoms with E-state index in [9.17, 15) is 24.0 Å². The zero-order valence-electron chi connectivity index (χ0n) is 11.9. The van der Waals surface area contributed by atoms with Gasteiger partial charge in [-0.3, -0.25) is 24.0 Å². The van der Waals surface area contributed by atoms with Gasteiger partial charge in [0.05, 0.1) is 25.9 Å². The summed E-state index contributed by atoms with van der Waals surface area (Å²) >= 11 is 0. The Morgan fingerprint density at radius 3 is 2.05 bits per heavy atom. The number of amides is 3. The Balaban J connectivity index is 2.10. The molecule has 1 rings (SSSR count). The Morgan fingerprint density at radius 2 is 1.48 bits per heavy atom. The fourth-order valence-corrected chi connectivity index (χ4v) is 1.48. The van der Waals surface area contributed by atoms with Crippen LogP contribution < -0.4 is 16.0 Å². The smallest absolute Gasteiger partial charge is 0.239 e. The molecule has 3 N–H and O–H groups in total. The molecule has 8 heteroatoms. The van der Waals surface area contributed by atoms with Gasteiger partial charge < -0.3 is 16.0 Å². The third-order valence-corrected chi connectivity index (χ3v) is 2.64. The standard InChI is InChI=1S/C13H19N3O5/c1-8(17)4-11(19)15-7-13(21)14-6-10(18)5-12(20)16-9-2-3-9/h9H,2-7H2,1H3,(H,14,21)(H,15,19)(H,16,20). The van der Waals surface area contributed by atoms with Crippen LogP contribution in [0, 0.1) is 0 Å². The quantitative estimate of drug-likeness (QED) is 0.444. The highest BCUT2D eigenvalue weighted by atomic mass is 16.2. The summed E-state index contributed by atoms with van der Waals surface area (Å²) < 4.78 is 0. The van der Waals surface area contributed by atoms with Crippen molar-refractivity contribution in [1.29, 1.82) is 0 Å². The first-order valence-corrected chi connectivity index (χ1v) is 6.70. The maximum atomic E-state index is 11.4. The predicted octanol–water partition coefficient (Wildman–Crippen LogP) is -1.56. The molecule has 1 aliphatic rings. The highest BCUT2D eigenvalue weighted by Crippen LogP contribution is 2.18. The molecule has 0 bridgehead atoms. The predicted molar refractivity (Wildman–Crippen MR) is 72.1 cm³/mol. The van der Waals surface area contributed by atoms with Crippen LogP contribution in [0.4, 0.5) is 0 Å². The van der Waals surface area contributed by atoms with Crippen molar-refractivity contribution in [3.63, 3.8) is 0 Å². The molecule has 0 aromatic carbocycles. The lowest BCUT2D eigenvalue weighted by atomic mass is 10.2. The minimum Gasteiger partial charge on any atom is -0.353 e. The second-order valence-electron chi connectivity index (χ2n) is 4.99. The van der Waals surface area contributed by atoms with Crippen LogP contribution in [-0.2, 0) is 24.0 Å². The maximum absolute atomic E-state index is 11.4. The number of ketones is 2. The summed E-state index contributed by atoms with van der Waals surface area (Å²) in [7, 11) is 0. The zero-order valence-corrected chi connectivity index (χ0v) is 11.9. The molecule has 1 fully saturated rings. The van der Waals surface area contributed by atoms with Crippen molar-refractivity contribution >= 4 is 29.3 Å². The Morgan fingerprint density at radius 1 is 0.857 bits per heavy atom. The van der Waals surface area contributed by atoms with Crippen LogP contribution in [0.25, 0.3) is 0 Å². The number of hydrogen-bond acceptors (Lipinski definition) is 5. The Kier molecular flexibility index (Phi) is 6.51. The first-order chi connectivity index (χ1) is 9.86. The van der Waals surface area contributed by atoms with E-state index in [1.54, 1.807) is 0 Å². The summed E-state index contributed by atoms with van der Waals surface area (Å²) in [6.45, 7) is 0.693. The van der Waals surface area contributed by atoms with Gasteiger partial charge in [0.2, 0.25) is 17.7 Å². The van der Waals surface area contributed by atoms with Crippen LogP contribution in [-0.4, -0.2) is 48.4 Å². The van der Waals surface area contributed by atoms with Crippen LogP contribution in [0.2, 0.25) is 0 Å². The van der Waals surface area contributed by atoms with Gasteiger partial charge in [0.1, 0.15) is 5.78 Å². The molecule has 3 amide bonds. The first-order valence-electron chi connectivity index (χ1n) is 6.70. The SMILES string of the molecule is CC(=O)CC(=O)NCC(=O)NCC(=O)CC(=O)NC1CC1. The molecular weight excluding hydrogens is 278 g/mol. The summed E-state index contributed by atoms with van der Waals surface area (Å²) in [6.07, 6.45) is 1.33. The van der Waals surface area contributed by atoms with Crippen molar-refractivity contribution in [1.82, 2.24) is 16.0 Å². The molecule has 0 aromatic rings. The van der Waals surface area contributed by atoms with Crippen molar-refractivity contribution in [2.45, 2.75) is 38.6 Å². The minimum absolute atomic E-state index is 0.191. The normalized spacial score (nSPS) is 13.2. The molecule has 0 spiro atoms. The van der Waals surface area contributed by atoms with Crippen molar-refractivity contribution in [2.75, 3.05) is 13.1 Å². The van der Waals surface area contributed by atoms with Crippen molar-refractivity contribution in [3.05, 3.63) is 0 Å². The highest BCUT2D eigenvalue weighted by molar-refractivity contribution is 6.01. The third kappa shape index (κ3) is 8.51. The molecule has 0 aromatic heterocycles. The molecule has 1 saturated carbocycles. The largest absolute Gasteiger partial charge is 0.353 e. The van der Waals surface area contributed by atoms with Crippen LogP contribution in [0.1, 0.15) is 32.6 Å². The summed E-state index contributed by atoms with van der Waals surface area (Å²) in [6, 6.07) is 0.191. The monoisotopic (exact) mass is 297 g/mol. The van der Waals surface area contributed by atoms with E-state index < -0.39 is 17.6 Å². The maximum Gasteiger partial charge on any atom is 0.239 e. The average molecular weight is 297 g/mol. The second-order valence-corrected chi connectivity index (χ2v) is 4.99. The van der Waals surface area contributed by atoms with E-state index in [-0.39, 0.29) is 43.7 Å².